The highest BCUT2D eigenvalue weighted by atomic mass is 15.1. The van der Waals surface area contributed by atoms with Crippen molar-refractivity contribution in [2.24, 2.45) is 0 Å². The van der Waals surface area contributed by atoms with Crippen molar-refractivity contribution in [3.05, 3.63) is 47.3 Å². The van der Waals surface area contributed by atoms with Gasteiger partial charge in [0.15, 0.2) is 0 Å². The average Bonchev–Trinajstić information content (AvgIpc) is 2.78. The van der Waals surface area contributed by atoms with Crippen LogP contribution in [0, 0.1) is 13.8 Å². The quantitative estimate of drug-likeness (QED) is 0.896. The SMILES string of the molecule is Cc1cccnc1C[C@@H](C)N(C)Cc1nc[nH]c1C. The minimum absolute atomic E-state index is 0.435. The van der Waals surface area contributed by atoms with Gasteiger partial charge in [0.05, 0.1) is 12.0 Å². The Balaban J connectivity index is 1.98. The molecule has 2 heterocycles. The monoisotopic (exact) mass is 258 g/mol. The van der Waals surface area contributed by atoms with E-state index in [2.05, 4.69) is 53.7 Å². The number of H-pyrrole nitrogens is 1. The molecule has 102 valence electrons. The van der Waals surface area contributed by atoms with E-state index in [-0.39, 0.29) is 0 Å². The minimum atomic E-state index is 0.435. The summed E-state index contributed by atoms with van der Waals surface area (Å²) >= 11 is 0. The number of rotatable bonds is 5. The largest absolute Gasteiger partial charge is 0.348 e. The minimum Gasteiger partial charge on any atom is -0.348 e. The van der Waals surface area contributed by atoms with Gasteiger partial charge >= 0.3 is 0 Å². The molecular weight excluding hydrogens is 236 g/mol. The highest BCUT2D eigenvalue weighted by Crippen LogP contribution is 2.12. The van der Waals surface area contributed by atoms with Gasteiger partial charge in [-0.1, -0.05) is 6.07 Å². The predicted octanol–water partition coefficient (Wildman–Crippen LogP) is 2.48. The topological polar surface area (TPSA) is 44.8 Å². The number of aromatic nitrogens is 3. The van der Waals surface area contributed by atoms with Crippen LogP contribution in [0.5, 0.6) is 0 Å². The molecule has 19 heavy (non-hydrogen) atoms. The zero-order valence-corrected chi connectivity index (χ0v) is 12.1. The maximum Gasteiger partial charge on any atom is 0.0925 e. The van der Waals surface area contributed by atoms with Gasteiger partial charge in [0.25, 0.3) is 0 Å². The molecule has 0 aliphatic heterocycles. The Labute approximate surface area is 114 Å². The van der Waals surface area contributed by atoms with Gasteiger partial charge in [-0.05, 0) is 39.4 Å². The molecule has 0 unspecified atom stereocenters. The summed E-state index contributed by atoms with van der Waals surface area (Å²) in [5.41, 5.74) is 4.71. The van der Waals surface area contributed by atoms with Gasteiger partial charge in [0.1, 0.15) is 0 Å². The highest BCUT2D eigenvalue weighted by Gasteiger charge is 2.14. The van der Waals surface area contributed by atoms with E-state index in [1.165, 1.54) is 11.3 Å². The zero-order valence-electron chi connectivity index (χ0n) is 12.1. The summed E-state index contributed by atoms with van der Waals surface area (Å²) in [6.07, 6.45) is 4.59. The Morgan fingerprint density at radius 1 is 1.26 bits per heavy atom. The molecule has 1 atom stereocenters. The van der Waals surface area contributed by atoms with Crippen molar-refractivity contribution in [1.29, 1.82) is 0 Å². The van der Waals surface area contributed by atoms with E-state index < -0.39 is 0 Å². The van der Waals surface area contributed by atoms with Crippen molar-refractivity contribution in [3.8, 4) is 0 Å². The molecule has 2 aromatic rings. The first kappa shape index (κ1) is 13.7. The van der Waals surface area contributed by atoms with Crippen molar-refractivity contribution in [1.82, 2.24) is 19.9 Å². The molecule has 2 rings (SSSR count). The van der Waals surface area contributed by atoms with E-state index in [1.54, 1.807) is 6.33 Å². The van der Waals surface area contributed by atoms with Crippen molar-refractivity contribution < 1.29 is 0 Å². The molecule has 0 saturated heterocycles. The predicted molar refractivity (Wildman–Crippen MR) is 76.9 cm³/mol. The fourth-order valence-corrected chi connectivity index (χ4v) is 2.11. The third kappa shape index (κ3) is 3.41. The van der Waals surface area contributed by atoms with Crippen LogP contribution < -0.4 is 0 Å². The molecule has 0 amide bonds. The van der Waals surface area contributed by atoms with E-state index in [0.717, 1.165) is 24.4 Å². The molecule has 0 aromatic carbocycles. The number of aryl methyl sites for hydroxylation is 2. The number of aromatic amines is 1. The first-order chi connectivity index (χ1) is 9.08. The molecule has 2 aromatic heterocycles. The van der Waals surface area contributed by atoms with Crippen molar-refractivity contribution in [2.45, 2.75) is 39.8 Å². The van der Waals surface area contributed by atoms with E-state index in [9.17, 15) is 0 Å². The Hall–Kier alpha value is -1.68. The molecule has 0 saturated carbocycles. The second kappa shape index (κ2) is 5.97. The number of pyridine rings is 1. The lowest BCUT2D eigenvalue weighted by Crippen LogP contribution is -2.31. The van der Waals surface area contributed by atoms with Crippen LogP contribution in [0.2, 0.25) is 0 Å². The van der Waals surface area contributed by atoms with Gasteiger partial charge in [-0.3, -0.25) is 9.88 Å². The maximum absolute atomic E-state index is 4.47. The fraction of sp³-hybridized carbons (Fsp3) is 0.467. The lowest BCUT2D eigenvalue weighted by atomic mass is 10.1. The number of likely N-dealkylation sites (N-methyl/N-ethyl adjacent to an activating group) is 1. The normalized spacial score (nSPS) is 12.9. The number of hydrogen-bond donors (Lipinski definition) is 1. The van der Waals surface area contributed by atoms with Crippen LogP contribution in [0.25, 0.3) is 0 Å². The van der Waals surface area contributed by atoms with Crippen LogP contribution in [-0.2, 0) is 13.0 Å². The van der Waals surface area contributed by atoms with Crippen LogP contribution in [0.15, 0.2) is 24.7 Å². The van der Waals surface area contributed by atoms with Crippen molar-refractivity contribution in [3.63, 3.8) is 0 Å². The van der Waals surface area contributed by atoms with Crippen LogP contribution in [0.4, 0.5) is 0 Å². The Bertz CT molecular complexity index is 532. The van der Waals surface area contributed by atoms with Crippen LogP contribution in [0.1, 0.15) is 29.6 Å². The van der Waals surface area contributed by atoms with E-state index in [0.29, 0.717) is 6.04 Å². The standard InChI is InChI=1S/C15H22N4/c1-11-6-5-7-16-14(11)8-12(2)19(4)9-15-13(3)17-10-18-15/h5-7,10,12H,8-9H2,1-4H3,(H,17,18)/t12-/m1/s1. The Morgan fingerprint density at radius 2 is 2.05 bits per heavy atom. The second-order valence-corrected chi connectivity index (χ2v) is 5.21. The molecule has 0 aliphatic carbocycles. The molecule has 4 nitrogen and oxygen atoms in total. The summed E-state index contributed by atoms with van der Waals surface area (Å²) in [6.45, 7) is 7.27. The van der Waals surface area contributed by atoms with E-state index >= 15 is 0 Å². The summed E-state index contributed by atoms with van der Waals surface area (Å²) in [6, 6.07) is 4.54. The second-order valence-electron chi connectivity index (χ2n) is 5.21. The van der Waals surface area contributed by atoms with Crippen molar-refractivity contribution >= 4 is 0 Å². The summed E-state index contributed by atoms with van der Waals surface area (Å²) in [5, 5.41) is 0. The summed E-state index contributed by atoms with van der Waals surface area (Å²) in [5.74, 6) is 0. The van der Waals surface area contributed by atoms with E-state index in [1.807, 2.05) is 12.3 Å². The molecule has 0 fully saturated rings. The zero-order chi connectivity index (χ0) is 13.8. The van der Waals surface area contributed by atoms with Gasteiger partial charge in [-0.2, -0.15) is 0 Å². The van der Waals surface area contributed by atoms with E-state index in [4.69, 9.17) is 0 Å². The Morgan fingerprint density at radius 3 is 2.68 bits per heavy atom. The molecular formula is C15H22N4. The highest BCUT2D eigenvalue weighted by molar-refractivity contribution is 5.18. The third-order valence-electron chi connectivity index (χ3n) is 3.69. The summed E-state index contributed by atoms with van der Waals surface area (Å²) < 4.78 is 0. The first-order valence-electron chi connectivity index (χ1n) is 6.67. The van der Waals surface area contributed by atoms with Crippen LogP contribution >= 0.6 is 0 Å². The van der Waals surface area contributed by atoms with Gasteiger partial charge < -0.3 is 4.98 Å². The number of hydrogen-bond acceptors (Lipinski definition) is 3. The summed E-state index contributed by atoms with van der Waals surface area (Å²) in [7, 11) is 2.14. The summed E-state index contributed by atoms with van der Waals surface area (Å²) in [4.78, 5) is 14.3. The fourth-order valence-electron chi connectivity index (χ4n) is 2.11. The lowest BCUT2D eigenvalue weighted by molar-refractivity contribution is 0.243. The lowest BCUT2D eigenvalue weighted by Gasteiger charge is -2.24. The molecule has 0 spiro atoms. The molecule has 0 aliphatic rings. The van der Waals surface area contributed by atoms with Crippen molar-refractivity contribution in [2.75, 3.05) is 7.05 Å². The van der Waals surface area contributed by atoms with Crippen LogP contribution in [-0.4, -0.2) is 32.9 Å². The third-order valence-corrected chi connectivity index (χ3v) is 3.69. The maximum atomic E-state index is 4.47. The van der Waals surface area contributed by atoms with Gasteiger partial charge in [0, 0.05) is 36.6 Å². The number of imidazole rings is 1. The smallest absolute Gasteiger partial charge is 0.0925 e. The first-order valence-corrected chi connectivity index (χ1v) is 6.67. The molecule has 0 radical (unpaired) electrons. The van der Waals surface area contributed by atoms with Crippen LogP contribution in [0.3, 0.4) is 0 Å². The molecule has 4 heteroatoms. The Kier molecular flexibility index (Phi) is 4.32. The van der Waals surface area contributed by atoms with Gasteiger partial charge in [0.2, 0.25) is 0 Å². The molecule has 1 N–H and O–H groups in total. The average molecular weight is 258 g/mol. The number of nitrogens with zero attached hydrogens (tertiary/aromatic N) is 3. The molecule has 0 bridgehead atoms. The number of nitrogens with one attached hydrogen (secondary N) is 1. The van der Waals surface area contributed by atoms with Gasteiger partial charge in [-0.15, -0.1) is 0 Å². The van der Waals surface area contributed by atoms with Gasteiger partial charge in [-0.25, -0.2) is 4.98 Å².